The number of nitrogens with zero attached hydrogens (tertiary/aromatic N) is 2. The van der Waals surface area contributed by atoms with Crippen molar-refractivity contribution in [3.8, 4) is 5.75 Å². The second-order valence-electron chi connectivity index (χ2n) is 6.29. The van der Waals surface area contributed by atoms with Gasteiger partial charge in [-0.25, -0.2) is 4.98 Å². The van der Waals surface area contributed by atoms with Gasteiger partial charge in [0.1, 0.15) is 17.4 Å². The standard InChI is InChI=1S/C19H22N2O4S/c1-13-12-26-17(20-13)11-25-16-5-3-14(4-6-16)18(22)21-9-7-15(8-10-21)19(23)24-2/h3-6,12,15H,7-11H2,1-2H3. The molecule has 2 aromatic rings. The third-order valence-corrected chi connectivity index (χ3v) is 5.39. The molecule has 1 saturated heterocycles. The number of likely N-dealkylation sites (tertiary alicyclic amines) is 1. The summed E-state index contributed by atoms with van der Waals surface area (Å²) in [6, 6.07) is 7.15. The summed E-state index contributed by atoms with van der Waals surface area (Å²) in [4.78, 5) is 30.3. The molecule has 3 rings (SSSR count). The van der Waals surface area contributed by atoms with Crippen molar-refractivity contribution in [2.24, 2.45) is 5.92 Å². The maximum Gasteiger partial charge on any atom is 0.308 e. The molecule has 1 aromatic carbocycles. The number of aromatic nitrogens is 1. The highest BCUT2D eigenvalue weighted by Crippen LogP contribution is 2.21. The van der Waals surface area contributed by atoms with Crippen LogP contribution in [0.25, 0.3) is 0 Å². The quantitative estimate of drug-likeness (QED) is 0.753. The summed E-state index contributed by atoms with van der Waals surface area (Å²) in [7, 11) is 1.40. The first-order valence-corrected chi connectivity index (χ1v) is 9.45. The van der Waals surface area contributed by atoms with Crippen molar-refractivity contribution in [3.05, 3.63) is 45.9 Å². The fourth-order valence-corrected chi connectivity index (χ4v) is 3.66. The lowest BCUT2D eigenvalue weighted by atomic mass is 9.96. The number of methoxy groups -OCH3 is 1. The summed E-state index contributed by atoms with van der Waals surface area (Å²) in [5, 5.41) is 2.92. The van der Waals surface area contributed by atoms with E-state index in [-0.39, 0.29) is 17.8 Å². The van der Waals surface area contributed by atoms with Crippen LogP contribution in [0.4, 0.5) is 0 Å². The van der Waals surface area contributed by atoms with E-state index in [4.69, 9.17) is 9.47 Å². The minimum atomic E-state index is -0.186. The van der Waals surface area contributed by atoms with Crippen LogP contribution in [0.3, 0.4) is 0 Å². The highest BCUT2D eigenvalue weighted by molar-refractivity contribution is 7.09. The van der Waals surface area contributed by atoms with E-state index < -0.39 is 0 Å². The van der Waals surface area contributed by atoms with Gasteiger partial charge in [0, 0.05) is 29.7 Å². The van der Waals surface area contributed by atoms with Crippen LogP contribution in [0.1, 0.15) is 33.9 Å². The molecular formula is C19H22N2O4S. The van der Waals surface area contributed by atoms with E-state index in [1.165, 1.54) is 7.11 Å². The molecule has 7 heteroatoms. The Morgan fingerprint density at radius 3 is 2.50 bits per heavy atom. The fraction of sp³-hybridized carbons (Fsp3) is 0.421. The van der Waals surface area contributed by atoms with Gasteiger partial charge in [0.05, 0.1) is 13.0 Å². The van der Waals surface area contributed by atoms with Crippen molar-refractivity contribution in [2.45, 2.75) is 26.4 Å². The zero-order valence-corrected chi connectivity index (χ0v) is 15.8. The molecule has 1 amide bonds. The summed E-state index contributed by atoms with van der Waals surface area (Å²) in [6.07, 6.45) is 1.29. The normalized spacial score (nSPS) is 14.9. The predicted octanol–water partition coefficient (Wildman–Crippen LogP) is 3.06. The smallest absolute Gasteiger partial charge is 0.308 e. The molecule has 0 saturated carbocycles. The van der Waals surface area contributed by atoms with Crippen LogP contribution in [0.15, 0.2) is 29.6 Å². The Kier molecular flexibility index (Phi) is 5.88. The molecule has 26 heavy (non-hydrogen) atoms. The number of carbonyl (C=O) groups excluding carboxylic acids is 2. The van der Waals surface area contributed by atoms with Gasteiger partial charge in [0.25, 0.3) is 5.91 Å². The van der Waals surface area contributed by atoms with E-state index in [1.54, 1.807) is 40.5 Å². The molecule has 2 heterocycles. The van der Waals surface area contributed by atoms with Crippen LogP contribution in [0.5, 0.6) is 5.75 Å². The van der Waals surface area contributed by atoms with Crippen LogP contribution < -0.4 is 4.74 Å². The molecule has 1 fully saturated rings. The number of hydrogen-bond acceptors (Lipinski definition) is 6. The molecule has 0 bridgehead atoms. The van der Waals surface area contributed by atoms with E-state index in [1.807, 2.05) is 12.3 Å². The summed E-state index contributed by atoms with van der Waals surface area (Å²) in [5.41, 5.74) is 1.62. The molecular weight excluding hydrogens is 352 g/mol. The maximum atomic E-state index is 12.6. The number of ether oxygens (including phenoxy) is 2. The summed E-state index contributed by atoms with van der Waals surface area (Å²) in [5.74, 6) is 0.401. The van der Waals surface area contributed by atoms with Gasteiger partial charge in [-0.2, -0.15) is 0 Å². The van der Waals surface area contributed by atoms with Gasteiger partial charge in [-0.1, -0.05) is 0 Å². The van der Waals surface area contributed by atoms with Gasteiger partial charge < -0.3 is 14.4 Å². The van der Waals surface area contributed by atoms with Crippen LogP contribution in [0, 0.1) is 12.8 Å². The molecule has 0 atom stereocenters. The van der Waals surface area contributed by atoms with E-state index >= 15 is 0 Å². The third kappa shape index (κ3) is 4.40. The van der Waals surface area contributed by atoms with Gasteiger partial charge in [0.15, 0.2) is 0 Å². The molecule has 1 aliphatic rings. The van der Waals surface area contributed by atoms with E-state index in [9.17, 15) is 9.59 Å². The SMILES string of the molecule is COC(=O)C1CCN(C(=O)c2ccc(OCc3nc(C)cs3)cc2)CC1. The van der Waals surface area contributed by atoms with Crippen LogP contribution in [-0.4, -0.2) is 42.0 Å². The summed E-state index contributed by atoms with van der Waals surface area (Å²) < 4.78 is 10.5. The Labute approximate surface area is 156 Å². The zero-order valence-electron chi connectivity index (χ0n) is 14.9. The highest BCUT2D eigenvalue weighted by Gasteiger charge is 2.28. The van der Waals surface area contributed by atoms with Crippen molar-refractivity contribution in [3.63, 3.8) is 0 Å². The van der Waals surface area contributed by atoms with Crippen molar-refractivity contribution in [1.82, 2.24) is 9.88 Å². The Hall–Kier alpha value is -2.41. The molecule has 0 unspecified atom stereocenters. The van der Waals surface area contributed by atoms with Gasteiger partial charge in [-0.3, -0.25) is 9.59 Å². The van der Waals surface area contributed by atoms with E-state index in [0.717, 1.165) is 10.7 Å². The van der Waals surface area contributed by atoms with Gasteiger partial charge in [0.2, 0.25) is 0 Å². The Balaban J connectivity index is 1.53. The maximum absolute atomic E-state index is 12.6. The first-order chi connectivity index (χ1) is 12.6. The van der Waals surface area contributed by atoms with Crippen molar-refractivity contribution in [1.29, 1.82) is 0 Å². The van der Waals surface area contributed by atoms with Gasteiger partial charge in [-0.15, -0.1) is 11.3 Å². The molecule has 1 aromatic heterocycles. The van der Waals surface area contributed by atoms with Crippen LogP contribution >= 0.6 is 11.3 Å². The van der Waals surface area contributed by atoms with Gasteiger partial charge in [-0.05, 0) is 44.0 Å². The molecule has 0 radical (unpaired) electrons. The molecule has 0 spiro atoms. The Morgan fingerprint density at radius 2 is 1.92 bits per heavy atom. The first kappa shape index (κ1) is 18.4. The van der Waals surface area contributed by atoms with Crippen LogP contribution in [-0.2, 0) is 16.1 Å². The number of hydrogen-bond donors (Lipinski definition) is 0. The minimum Gasteiger partial charge on any atom is -0.486 e. The number of rotatable bonds is 5. The summed E-state index contributed by atoms with van der Waals surface area (Å²) in [6.45, 7) is 3.52. The monoisotopic (exact) mass is 374 g/mol. The third-order valence-electron chi connectivity index (χ3n) is 4.45. The molecule has 138 valence electrons. The number of piperidine rings is 1. The molecule has 1 aliphatic heterocycles. The topological polar surface area (TPSA) is 68.7 Å². The average molecular weight is 374 g/mol. The predicted molar refractivity (Wildman–Crippen MR) is 98.3 cm³/mol. The number of amides is 1. The fourth-order valence-electron chi connectivity index (χ4n) is 2.98. The number of carbonyl (C=O) groups is 2. The van der Waals surface area contributed by atoms with E-state index in [2.05, 4.69) is 4.98 Å². The number of thiazole rings is 1. The molecule has 6 nitrogen and oxygen atoms in total. The Morgan fingerprint density at radius 1 is 1.23 bits per heavy atom. The van der Waals surface area contributed by atoms with Gasteiger partial charge >= 0.3 is 5.97 Å². The lowest BCUT2D eigenvalue weighted by Crippen LogP contribution is -2.40. The Bertz CT molecular complexity index is 764. The number of aryl methyl sites for hydroxylation is 1. The highest BCUT2D eigenvalue weighted by atomic mass is 32.1. The lowest BCUT2D eigenvalue weighted by Gasteiger charge is -2.30. The second-order valence-corrected chi connectivity index (χ2v) is 7.23. The van der Waals surface area contributed by atoms with E-state index in [0.29, 0.717) is 43.9 Å². The van der Waals surface area contributed by atoms with Crippen molar-refractivity contribution >= 4 is 23.2 Å². The first-order valence-electron chi connectivity index (χ1n) is 8.58. The molecule has 0 aliphatic carbocycles. The van der Waals surface area contributed by atoms with Crippen molar-refractivity contribution in [2.75, 3.05) is 20.2 Å². The minimum absolute atomic E-state index is 0.0181. The average Bonchev–Trinajstić information content (AvgIpc) is 3.11. The largest absolute Gasteiger partial charge is 0.486 e. The summed E-state index contributed by atoms with van der Waals surface area (Å²) >= 11 is 1.57. The number of esters is 1. The second kappa shape index (κ2) is 8.31. The lowest BCUT2D eigenvalue weighted by molar-refractivity contribution is -0.146. The molecule has 0 N–H and O–H groups in total. The number of benzene rings is 1. The van der Waals surface area contributed by atoms with Crippen molar-refractivity contribution < 1.29 is 19.1 Å². The van der Waals surface area contributed by atoms with Crippen LogP contribution in [0.2, 0.25) is 0 Å². The zero-order chi connectivity index (χ0) is 18.5.